The summed E-state index contributed by atoms with van der Waals surface area (Å²) < 4.78 is 6.71. The third-order valence-electron chi connectivity index (χ3n) is 2.89. The molecule has 0 fully saturated rings. The Bertz CT molecular complexity index is 472. The molecular weight excluding hydrogens is 310 g/mol. The fraction of sp³-hybridized carbons (Fsp3) is 0.500. The number of ether oxygens (including phenoxy) is 1. The van der Waals surface area contributed by atoms with Gasteiger partial charge in [0.25, 0.3) is 0 Å². The Morgan fingerprint density at radius 3 is 2.63 bits per heavy atom. The molecule has 1 rings (SSSR count). The number of carboxylic acids is 1. The summed E-state index contributed by atoms with van der Waals surface area (Å²) in [6.45, 7) is 5.88. The van der Waals surface area contributed by atoms with E-state index in [9.17, 15) is 4.79 Å². The predicted molar refractivity (Wildman–Crippen MR) is 78.5 cm³/mol. The molecule has 1 aromatic rings. The molecule has 4 nitrogen and oxygen atoms in total. The van der Waals surface area contributed by atoms with Gasteiger partial charge in [-0.3, -0.25) is 4.79 Å². The number of halogens is 1. The van der Waals surface area contributed by atoms with Crippen LogP contribution in [-0.4, -0.2) is 24.2 Å². The van der Waals surface area contributed by atoms with Gasteiger partial charge in [-0.2, -0.15) is 0 Å². The van der Waals surface area contributed by atoms with Crippen LogP contribution in [0.25, 0.3) is 0 Å². The summed E-state index contributed by atoms with van der Waals surface area (Å²) in [4.78, 5) is 11.1. The molecule has 5 heteroatoms. The van der Waals surface area contributed by atoms with Crippen LogP contribution in [0.1, 0.15) is 25.0 Å². The molecule has 0 radical (unpaired) electrons. The maximum Gasteiger partial charge on any atom is 0.312 e. The summed E-state index contributed by atoms with van der Waals surface area (Å²) in [5.41, 5.74) is 6.64. The van der Waals surface area contributed by atoms with Crippen molar-refractivity contribution in [1.29, 1.82) is 0 Å². The van der Waals surface area contributed by atoms with Crippen LogP contribution in [0.3, 0.4) is 0 Å². The van der Waals surface area contributed by atoms with Crippen LogP contribution in [0, 0.1) is 12.3 Å². The molecule has 0 saturated heterocycles. The van der Waals surface area contributed by atoms with Gasteiger partial charge in [-0.1, -0.05) is 15.9 Å². The first-order valence-electron chi connectivity index (χ1n) is 6.13. The van der Waals surface area contributed by atoms with Gasteiger partial charge in [-0.05, 0) is 57.0 Å². The van der Waals surface area contributed by atoms with Crippen molar-refractivity contribution in [3.63, 3.8) is 0 Å². The number of benzene rings is 1. The molecule has 0 heterocycles. The Hall–Kier alpha value is -1.07. The summed E-state index contributed by atoms with van der Waals surface area (Å²) in [6.07, 6.45) is 0.698. The largest absolute Gasteiger partial charge is 0.492 e. The van der Waals surface area contributed by atoms with E-state index in [1.54, 1.807) is 13.8 Å². The number of aliphatic carboxylic acids is 1. The second kappa shape index (κ2) is 6.39. The van der Waals surface area contributed by atoms with Crippen molar-refractivity contribution in [2.45, 2.75) is 27.2 Å². The van der Waals surface area contributed by atoms with Crippen LogP contribution in [0.15, 0.2) is 16.6 Å². The number of hydrogen-bond donors (Lipinski definition) is 2. The van der Waals surface area contributed by atoms with Crippen molar-refractivity contribution >= 4 is 21.9 Å². The van der Waals surface area contributed by atoms with Gasteiger partial charge in [0.05, 0.1) is 5.41 Å². The molecule has 0 bridgehead atoms. The molecular formula is C14H20BrNO3. The van der Waals surface area contributed by atoms with Crippen LogP contribution in [-0.2, 0) is 11.2 Å². The Morgan fingerprint density at radius 1 is 1.47 bits per heavy atom. The van der Waals surface area contributed by atoms with Gasteiger partial charge in [-0.15, -0.1) is 0 Å². The van der Waals surface area contributed by atoms with Crippen LogP contribution >= 0.6 is 15.9 Å². The number of carbonyl (C=O) groups is 1. The molecule has 0 aliphatic heterocycles. The normalized spacial score (nSPS) is 11.4. The van der Waals surface area contributed by atoms with Gasteiger partial charge < -0.3 is 15.6 Å². The molecule has 0 atom stereocenters. The van der Waals surface area contributed by atoms with Gasteiger partial charge in [0.1, 0.15) is 12.4 Å². The highest BCUT2D eigenvalue weighted by Crippen LogP contribution is 2.30. The van der Waals surface area contributed by atoms with E-state index in [0.717, 1.165) is 21.3 Å². The molecule has 0 amide bonds. The van der Waals surface area contributed by atoms with E-state index in [2.05, 4.69) is 15.9 Å². The van der Waals surface area contributed by atoms with Crippen LogP contribution in [0.4, 0.5) is 0 Å². The number of carboxylic acid groups (broad SMARTS) is 1. The summed E-state index contributed by atoms with van der Waals surface area (Å²) >= 11 is 3.44. The molecule has 19 heavy (non-hydrogen) atoms. The summed E-state index contributed by atoms with van der Waals surface area (Å²) in [7, 11) is 0. The van der Waals surface area contributed by atoms with Crippen LogP contribution in [0.5, 0.6) is 5.75 Å². The van der Waals surface area contributed by atoms with Crippen molar-refractivity contribution in [3.05, 3.63) is 27.7 Å². The van der Waals surface area contributed by atoms with E-state index in [4.69, 9.17) is 15.6 Å². The lowest BCUT2D eigenvalue weighted by Crippen LogP contribution is -2.31. The van der Waals surface area contributed by atoms with Gasteiger partial charge in [-0.25, -0.2) is 0 Å². The monoisotopic (exact) mass is 329 g/mol. The van der Waals surface area contributed by atoms with E-state index < -0.39 is 11.4 Å². The second-order valence-electron chi connectivity index (χ2n) is 5.23. The Balaban J connectivity index is 2.97. The van der Waals surface area contributed by atoms with Crippen molar-refractivity contribution in [2.24, 2.45) is 11.1 Å². The fourth-order valence-electron chi connectivity index (χ4n) is 1.66. The highest BCUT2D eigenvalue weighted by atomic mass is 79.9. The number of rotatable bonds is 6. The van der Waals surface area contributed by atoms with Gasteiger partial charge in [0.2, 0.25) is 0 Å². The lowest BCUT2D eigenvalue weighted by molar-refractivity contribution is -0.148. The average Bonchev–Trinajstić information content (AvgIpc) is 2.27. The smallest absolute Gasteiger partial charge is 0.312 e. The lowest BCUT2D eigenvalue weighted by Gasteiger charge is -2.22. The van der Waals surface area contributed by atoms with Crippen molar-refractivity contribution in [3.8, 4) is 5.75 Å². The number of nitrogens with two attached hydrogens (primary N) is 1. The molecule has 0 aromatic heterocycles. The summed E-state index contributed by atoms with van der Waals surface area (Å²) in [6, 6.07) is 3.91. The maximum atomic E-state index is 11.1. The van der Waals surface area contributed by atoms with Crippen molar-refractivity contribution in [2.75, 3.05) is 13.2 Å². The predicted octanol–water partition coefficient (Wildman–Crippen LogP) is 2.75. The third-order valence-corrected chi connectivity index (χ3v) is 3.34. The van der Waals surface area contributed by atoms with E-state index in [0.29, 0.717) is 13.0 Å². The van der Waals surface area contributed by atoms with Gasteiger partial charge in [0.15, 0.2) is 0 Å². The Kier molecular flexibility index (Phi) is 5.38. The van der Waals surface area contributed by atoms with Gasteiger partial charge >= 0.3 is 5.97 Å². The minimum atomic E-state index is -0.917. The molecule has 0 unspecified atom stereocenters. The number of hydrogen-bond acceptors (Lipinski definition) is 3. The topological polar surface area (TPSA) is 72.5 Å². The van der Waals surface area contributed by atoms with Crippen LogP contribution in [0.2, 0.25) is 0 Å². The zero-order chi connectivity index (χ0) is 14.6. The molecule has 3 N–H and O–H groups in total. The molecule has 0 aliphatic rings. The second-order valence-corrected chi connectivity index (χ2v) is 6.14. The number of aryl methyl sites for hydroxylation is 1. The van der Waals surface area contributed by atoms with Gasteiger partial charge in [0, 0.05) is 4.47 Å². The van der Waals surface area contributed by atoms with E-state index in [1.807, 2.05) is 19.1 Å². The Morgan fingerprint density at radius 2 is 2.11 bits per heavy atom. The molecule has 0 aliphatic carbocycles. The summed E-state index contributed by atoms with van der Waals surface area (Å²) in [5, 5.41) is 9.10. The average molecular weight is 330 g/mol. The third kappa shape index (κ3) is 4.21. The standard InChI is InChI=1S/C14H20BrNO3/c1-9-6-11(15)7-10(4-5-16)12(9)19-8-14(2,3)13(17)18/h6-7H,4-5,8,16H2,1-3H3,(H,17,18). The van der Waals surface area contributed by atoms with Crippen molar-refractivity contribution < 1.29 is 14.6 Å². The quantitative estimate of drug-likeness (QED) is 0.841. The minimum absolute atomic E-state index is 0.127. The molecule has 106 valence electrons. The van der Waals surface area contributed by atoms with Crippen LogP contribution < -0.4 is 10.5 Å². The SMILES string of the molecule is Cc1cc(Br)cc(CCN)c1OCC(C)(C)C(=O)O. The van der Waals surface area contributed by atoms with E-state index >= 15 is 0 Å². The zero-order valence-corrected chi connectivity index (χ0v) is 13.1. The highest BCUT2D eigenvalue weighted by Gasteiger charge is 2.28. The first-order chi connectivity index (χ1) is 8.77. The van der Waals surface area contributed by atoms with Crippen molar-refractivity contribution in [1.82, 2.24) is 0 Å². The minimum Gasteiger partial charge on any atom is -0.492 e. The maximum absolute atomic E-state index is 11.1. The first-order valence-corrected chi connectivity index (χ1v) is 6.92. The molecule has 0 spiro atoms. The molecule has 1 aromatic carbocycles. The lowest BCUT2D eigenvalue weighted by atomic mass is 9.95. The fourth-order valence-corrected chi connectivity index (χ4v) is 2.28. The van der Waals surface area contributed by atoms with E-state index in [1.165, 1.54) is 0 Å². The highest BCUT2D eigenvalue weighted by molar-refractivity contribution is 9.10. The molecule has 0 saturated carbocycles. The first kappa shape index (κ1) is 16.0. The Labute approximate surface area is 122 Å². The van der Waals surface area contributed by atoms with E-state index in [-0.39, 0.29) is 6.61 Å². The summed E-state index contributed by atoms with van der Waals surface area (Å²) in [5.74, 6) is -0.134. The zero-order valence-electron chi connectivity index (χ0n) is 11.5.